The Morgan fingerprint density at radius 2 is 1.90 bits per heavy atom. The zero-order valence-electron chi connectivity index (χ0n) is 17.0. The minimum Gasteiger partial charge on any atom is -0.503 e. The molecule has 2 heterocycles. The lowest BCUT2D eigenvalue weighted by Crippen LogP contribution is -2.36. The second-order valence-electron chi connectivity index (χ2n) is 6.27. The second-order valence-corrected chi connectivity index (χ2v) is 6.27. The number of methoxy groups -OCH3 is 1. The Morgan fingerprint density at radius 1 is 1.21 bits per heavy atom. The van der Waals surface area contributed by atoms with E-state index in [1.54, 1.807) is 21.0 Å². The van der Waals surface area contributed by atoms with Crippen LogP contribution in [0, 0.1) is 0 Å². The summed E-state index contributed by atoms with van der Waals surface area (Å²) in [5, 5.41) is 10.4. The lowest BCUT2D eigenvalue weighted by atomic mass is 10.1. The Labute approximate surface area is 169 Å². The molecule has 0 spiro atoms. The number of nitrogens with zero attached hydrogens (tertiary/aromatic N) is 2. The van der Waals surface area contributed by atoms with Crippen LogP contribution in [0.4, 0.5) is 0 Å². The van der Waals surface area contributed by atoms with Gasteiger partial charge in [-0.15, -0.1) is 0 Å². The quantitative estimate of drug-likeness (QED) is 0.373. The number of hydrogen-bond donors (Lipinski definition) is 1. The summed E-state index contributed by atoms with van der Waals surface area (Å²) < 4.78 is 31.6. The van der Waals surface area contributed by atoms with Gasteiger partial charge in [-0.05, 0) is 13.8 Å². The summed E-state index contributed by atoms with van der Waals surface area (Å²) >= 11 is 0. The van der Waals surface area contributed by atoms with Gasteiger partial charge in [-0.1, -0.05) is 0 Å². The van der Waals surface area contributed by atoms with E-state index in [0.717, 1.165) is 0 Å². The first-order valence-electron chi connectivity index (χ1n) is 9.37. The van der Waals surface area contributed by atoms with Crippen LogP contribution in [-0.2, 0) is 28.5 Å². The molecule has 0 radical (unpaired) electrons. The molecule has 1 aliphatic rings. The van der Waals surface area contributed by atoms with Crippen molar-refractivity contribution < 1.29 is 38.3 Å². The van der Waals surface area contributed by atoms with Crippen LogP contribution in [0.3, 0.4) is 0 Å². The topological polar surface area (TPSA) is 118 Å². The molecular weight excluding hydrogens is 384 g/mol. The molecule has 0 bridgehead atoms. The number of ether oxygens (including phenoxy) is 6. The van der Waals surface area contributed by atoms with E-state index < -0.39 is 11.5 Å². The van der Waals surface area contributed by atoms with Crippen molar-refractivity contribution in [3.8, 4) is 11.5 Å². The van der Waals surface area contributed by atoms with Crippen molar-refractivity contribution in [2.45, 2.75) is 19.4 Å². The van der Waals surface area contributed by atoms with E-state index in [0.29, 0.717) is 33.0 Å². The molecule has 0 unspecified atom stereocenters. The maximum Gasteiger partial charge on any atom is 0.337 e. The van der Waals surface area contributed by atoms with Gasteiger partial charge in [0.2, 0.25) is 5.90 Å². The smallest absolute Gasteiger partial charge is 0.337 e. The van der Waals surface area contributed by atoms with Gasteiger partial charge >= 0.3 is 5.97 Å². The molecule has 0 aromatic carbocycles. The largest absolute Gasteiger partial charge is 0.503 e. The fraction of sp³-hybridized carbons (Fsp3) is 0.632. The third-order valence-electron chi connectivity index (χ3n) is 3.93. The Hall–Kier alpha value is -2.43. The van der Waals surface area contributed by atoms with E-state index in [-0.39, 0.29) is 42.9 Å². The number of carbonyl (C=O) groups excluding carboxylic acids is 1. The highest BCUT2D eigenvalue weighted by Crippen LogP contribution is 2.32. The number of carbonyl (C=O) groups is 1. The summed E-state index contributed by atoms with van der Waals surface area (Å²) in [5.74, 6) is -0.438. The minimum absolute atomic E-state index is 0.00760. The van der Waals surface area contributed by atoms with Gasteiger partial charge in [-0.2, -0.15) is 0 Å². The summed E-state index contributed by atoms with van der Waals surface area (Å²) in [5.41, 5.74) is -1.07. The van der Waals surface area contributed by atoms with E-state index in [1.807, 2.05) is 0 Å². The Morgan fingerprint density at radius 3 is 2.59 bits per heavy atom. The monoisotopic (exact) mass is 412 g/mol. The second kappa shape index (κ2) is 11.5. The van der Waals surface area contributed by atoms with Crippen LogP contribution in [-0.4, -0.2) is 87.5 Å². The van der Waals surface area contributed by atoms with E-state index >= 15 is 0 Å². The van der Waals surface area contributed by atoms with Crippen LogP contribution in [0.1, 0.15) is 19.5 Å². The number of rotatable bonds is 13. The number of pyridine rings is 1. The van der Waals surface area contributed by atoms with Crippen molar-refractivity contribution in [2.75, 3.05) is 60.0 Å². The average molecular weight is 412 g/mol. The molecule has 0 aliphatic carbocycles. The lowest BCUT2D eigenvalue weighted by Gasteiger charge is -2.15. The van der Waals surface area contributed by atoms with Crippen molar-refractivity contribution in [1.29, 1.82) is 0 Å². The zero-order valence-corrected chi connectivity index (χ0v) is 17.0. The van der Waals surface area contributed by atoms with Gasteiger partial charge in [0.15, 0.2) is 22.7 Å². The van der Waals surface area contributed by atoms with E-state index in [1.165, 1.54) is 12.3 Å². The number of aromatic nitrogens is 1. The van der Waals surface area contributed by atoms with Gasteiger partial charge in [0.05, 0.1) is 39.6 Å². The van der Waals surface area contributed by atoms with Gasteiger partial charge < -0.3 is 33.5 Å². The number of hydrogen-bond acceptors (Lipinski definition) is 10. The Balaban J connectivity index is 1.86. The maximum atomic E-state index is 12.1. The van der Waals surface area contributed by atoms with Crippen LogP contribution in [0.25, 0.3) is 0 Å². The molecule has 2 rings (SSSR count). The molecule has 10 heteroatoms. The van der Waals surface area contributed by atoms with E-state index in [2.05, 4.69) is 9.98 Å². The van der Waals surface area contributed by atoms with Gasteiger partial charge in [-0.25, -0.2) is 14.8 Å². The van der Waals surface area contributed by atoms with Gasteiger partial charge in [0.1, 0.15) is 13.2 Å². The SMILES string of the molecule is CCOC(=O)[C@@]1(C)COC(c2nccc(OCCOCCOCCOC)c2O)=N1. The molecule has 1 aliphatic heterocycles. The molecule has 10 nitrogen and oxygen atoms in total. The van der Waals surface area contributed by atoms with Crippen LogP contribution >= 0.6 is 0 Å². The summed E-state index contributed by atoms with van der Waals surface area (Å²) in [6, 6.07) is 1.52. The predicted molar refractivity (Wildman–Crippen MR) is 102 cm³/mol. The molecule has 0 saturated carbocycles. The number of aliphatic imine (C=N–C) groups is 1. The third kappa shape index (κ3) is 6.55. The van der Waals surface area contributed by atoms with Crippen LogP contribution < -0.4 is 4.74 Å². The standard InChI is InChI=1S/C19H28N2O8/c1-4-27-18(23)19(2)13-29-17(21-19)15-16(22)14(5-6-20-15)28-12-11-26-10-9-25-8-7-24-3/h5-6,22H,4,7-13H2,1-3H3/t19-/m1/s1. The first kappa shape index (κ1) is 22.9. The average Bonchev–Trinajstić information content (AvgIpc) is 3.11. The highest BCUT2D eigenvalue weighted by molar-refractivity contribution is 5.99. The first-order chi connectivity index (χ1) is 14.0. The van der Waals surface area contributed by atoms with Gasteiger partial charge in [0.25, 0.3) is 0 Å². The molecule has 29 heavy (non-hydrogen) atoms. The Bertz CT molecular complexity index is 697. The van der Waals surface area contributed by atoms with E-state index in [9.17, 15) is 9.90 Å². The van der Waals surface area contributed by atoms with Crippen molar-refractivity contribution in [2.24, 2.45) is 4.99 Å². The van der Waals surface area contributed by atoms with Crippen molar-refractivity contribution >= 4 is 11.9 Å². The normalized spacial score (nSPS) is 18.2. The summed E-state index contributed by atoms with van der Waals surface area (Å²) in [6.07, 6.45) is 1.46. The van der Waals surface area contributed by atoms with Crippen molar-refractivity contribution in [3.05, 3.63) is 18.0 Å². The number of aromatic hydroxyl groups is 1. The molecule has 1 aromatic rings. The molecule has 1 aromatic heterocycles. The molecule has 0 fully saturated rings. The molecule has 162 valence electrons. The van der Waals surface area contributed by atoms with Crippen LogP contribution in [0.15, 0.2) is 17.3 Å². The van der Waals surface area contributed by atoms with Crippen molar-refractivity contribution in [3.63, 3.8) is 0 Å². The maximum absolute atomic E-state index is 12.1. The third-order valence-corrected chi connectivity index (χ3v) is 3.93. The van der Waals surface area contributed by atoms with Crippen LogP contribution in [0.5, 0.6) is 11.5 Å². The predicted octanol–water partition coefficient (Wildman–Crippen LogP) is 0.944. The highest BCUT2D eigenvalue weighted by atomic mass is 16.6. The highest BCUT2D eigenvalue weighted by Gasteiger charge is 2.42. The Kier molecular flexibility index (Phi) is 9.10. The molecule has 0 amide bonds. The van der Waals surface area contributed by atoms with Gasteiger partial charge in [-0.3, -0.25) is 0 Å². The lowest BCUT2D eigenvalue weighted by molar-refractivity contribution is -0.149. The molecular formula is C19H28N2O8. The molecule has 0 saturated heterocycles. The molecule has 1 N–H and O–H groups in total. The number of esters is 1. The summed E-state index contributed by atoms with van der Waals surface area (Å²) in [4.78, 5) is 20.4. The summed E-state index contributed by atoms with van der Waals surface area (Å²) in [6.45, 7) is 6.07. The fourth-order valence-corrected chi connectivity index (χ4v) is 2.39. The fourth-order valence-electron chi connectivity index (χ4n) is 2.39. The molecule has 1 atom stereocenters. The van der Waals surface area contributed by atoms with Crippen LogP contribution in [0.2, 0.25) is 0 Å². The zero-order chi connectivity index (χ0) is 21.1. The van der Waals surface area contributed by atoms with Gasteiger partial charge in [0, 0.05) is 19.4 Å². The summed E-state index contributed by atoms with van der Waals surface area (Å²) in [7, 11) is 1.61. The van der Waals surface area contributed by atoms with E-state index in [4.69, 9.17) is 28.4 Å². The first-order valence-corrected chi connectivity index (χ1v) is 9.37. The minimum atomic E-state index is -1.17. The van der Waals surface area contributed by atoms with Crippen molar-refractivity contribution in [1.82, 2.24) is 4.98 Å².